The number of ether oxygens (including phenoxy) is 1. The molecule has 0 radical (unpaired) electrons. The van der Waals surface area contributed by atoms with E-state index in [4.69, 9.17) is 15.0 Å². The Hall–Kier alpha value is -0.590. The molecule has 18 heavy (non-hydrogen) atoms. The van der Waals surface area contributed by atoms with Crippen LogP contribution >= 0.6 is 11.8 Å². The summed E-state index contributed by atoms with van der Waals surface area (Å²) in [6, 6.07) is -0.320. The minimum atomic E-state index is -0.320. The van der Waals surface area contributed by atoms with Crippen LogP contribution in [-0.2, 0) is 9.48 Å². The van der Waals surface area contributed by atoms with Gasteiger partial charge in [-0.2, -0.15) is 4.98 Å². The fourth-order valence-electron chi connectivity index (χ4n) is 1.92. The first-order valence-corrected chi connectivity index (χ1v) is 7.35. The van der Waals surface area contributed by atoms with E-state index in [0.717, 1.165) is 12.2 Å². The van der Waals surface area contributed by atoms with Crippen LogP contribution in [0.25, 0.3) is 0 Å². The van der Waals surface area contributed by atoms with Gasteiger partial charge in [0.2, 0.25) is 5.89 Å². The van der Waals surface area contributed by atoms with Crippen LogP contribution in [0.2, 0.25) is 0 Å². The van der Waals surface area contributed by atoms with Crippen LogP contribution in [-0.4, -0.2) is 28.6 Å². The van der Waals surface area contributed by atoms with Crippen molar-refractivity contribution in [1.82, 2.24) is 10.1 Å². The van der Waals surface area contributed by atoms with Crippen molar-refractivity contribution < 1.29 is 9.26 Å². The fraction of sp³-hybridized carbons (Fsp3) is 0.833. The number of nitrogens with two attached hydrogens (primary N) is 1. The van der Waals surface area contributed by atoms with Crippen LogP contribution in [0.3, 0.4) is 0 Å². The highest BCUT2D eigenvalue weighted by Gasteiger charge is 2.37. The number of nitrogens with zero attached hydrogens (tertiary/aromatic N) is 2. The van der Waals surface area contributed by atoms with E-state index in [0.29, 0.717) is 18.3 Å². The summed E-state index contributed by atoms with van der Waals surface area (Å²) in [4.78, 5) is 4.44. The molecule has 1 fully saturated rings. The fourth-order valence-corrected chi connectivity index (χ4v) is 3.15. The normalized spacial score (nSPS) is 25.8. The third-order valence-electron chi connectivity index (χ3n) is 3.05. The van der Waals surface area contributed by atoms with E-state index in [1.807, 2.05) is 25.6 Å². The van der Waals surface area contributed by atoms with Gasteiger partial charge in [0, 0.05) is 0 Å². The highest BCUT2D eigenvalue weighted by molar-refractivity contribution is 8.00. The Kier molecular flexibility index (Phi) is 4.29. The molecule has 1 aromatic rings. The molecule has 0 aliphatic carbocycles. The van der Waals surface area contributed by atoms with Crippen LogP contribution < -0.4 is 5.73 Å². The van der Waals surface area contributed by atoms with Crippen LogP contribution in [0, 0.1) is 0 Å². The van der Waals surface area contributed by atoms with Gasteiger partial charge in [-0.25, -0.2) is 0 Å². The van der Waals surface area contributed by atoms with Crippen molar-refractivity contribution in [3.63, 3.8) is 0 Å². The van der Waals surface area contributed by atoms with Gasteiger partial charge in [0.1, 0.15) is 0 Å². The van der Waals surface area contributed by atoms with E-state index in [-0.39, 0.29) is 16.9 Å². The van der Waals surface area contributed by atoms with Crippen molar-refractivity contribution in [2.75, 3.05) is 12.4 Å². The van der Waals surface area contributed by atoms with Crippen molar-refractivity contribution in [2.24, 2.45) is 5.73 Å². The molecule has 1 aromatic heterocycles. The summed E-state index contributed by atoms with van der Waals surface area (Å²) in [6.07, 6.45) is 2.43. The van der Waals surface area contributed by atoms with Crippen LogP contribution in [0.1, 0.15) is 51.4 Å². The third kappa shape index (κ3) is 3.05. The number of hydrogen-bond donors (Lipinski definition) is 1. The molecule has 0 amide bonds. The number of hydrogen-bond acceptors (Lipinski definition) is 6. The van der Waals surface area contributed by atoms with Crippen LogP contribution in [0.4, 0.5) is 0 Å². The quantitative estimate of drug-likeness (QED) is 0.885. The summed E-state index contributed by atoms with van der Waals surface area (Å²) in [5, 5.41) is 3.98. The molecule has 2 rings (SSSR count). The summed E-state index contributed by atoms with van der Waals surface area (Å²) >= 11 is 1.87. The second-order valence-electron chi connectivity index (χ2n) is 5.13. The Balaban J connectivity index is 2.01. The van der Waals surface area contributed by atoms with Gasteiger partial charge in [0.25, 0.3) is 0 Å². The monoisotopic (exact) mass is 271 g/mol. The zero-order chi connectivity index (χ0) is 13.2. The maximum absolute atomic E-state index is 5.98. The van der Waals surface area contributed by atoms with Gasteiger partial charge in [-0.3, -0.25) is 0 Å². The molecule has 1 aliphatic heterocycles. The Morgan fingerprint density at radius 2 is 2.33 bits per heavy atom. The first-order chi connectivity index (χ1) is 8.51. The second-order valence-corrected chi connectivity index (χ2v) is 6.73. The third-order valence-corrected chi connectivity index (χ3v) is 4.56. The molecule has 2 unspecified atom stereocenters. The van der Waals surface area contributed by atoms with E-state index < -0.39 is 0 Å². The Morgan fingerprint density at radius 1 is 1.56 bits per heavy atom. The number of rotatable bonds is 5. The Labute approximate surface area is 112 Å². The van der Waals surface area contributed by atoms with E-state index in [1.165, 1.54) is 6.42 Å². The lowest BCUT2D eigenvalue weighted by molar-refractivity contribution is 0.0665. The van der Waals surface area contributed by atoms with E-state index in [9.17, 15) is 0 Å². The molecule has 0 saturated carbocycles. The minimum Gasteiger partial charge on any atom is -0.377 e. The number of thioether (sulfide) groups is 1. The minimum absolute atomic E-state index is 0.0378. The molecule has 0 bridgehead atoms. The molecule has 5 nitrogen and oxygen atoms in total. The second kappa shape index (κ2) is 5.59. The highest BCUT2D eigenvalue weighted by atomic mass is 32.2. The van der Waals surface area contributed by atoms with E-state index >= 15 is 0 Å². The molecule has 0 spiro atoms. The van der Waals surface area contributed by atoms with Gasteiger partial charge in [-0.05, 0) is 39.4 Å². The molecular weight excluding hydrogens is 250 g/mol. The van der Waals surface area contributed by atoms with Gasteiger partial charge in [0.15, 0.2) is 5.82 Å². The summed E-state index contributed by atoms with van der Waals surface area (Å²) in [5.41, 5.74) is 5.98. The maximum Gasteiger partial charge on any atom is 0.242 e. The topological polar surface area (TPSA) is 74.2 Å². The molecule has 1 aliphatic rings. The van der Waals surface area contributed by atoms with Crippen LogP contribution in [0.5, 0.6) is 0 Å². The lowest BCUT2D eigenvalue weighted by Crippen LogP contribution is -2.21. The average molecular weight is 271 g/mol. The molecule has 102 valence electrons. The first kappa shape index (κ1) is 13.8. The van der Waals surface area contributed by atoms with Gasteiger partial charge in [-0.15, -0.1) is 11.8 Å². The zero-order valence-electron chi connectivity index (χ0n) is 11.2. The maximum atomic E-state index is 5.98. The molecule has 2 atom stereocenters. The number of aromatic nitrogens is 2. The first-order valence-electron chi connectivity index (χ1n) is 6.36. The van der Waals surface area contributed by atoms with Crippen molar-refractivity contribution in [1.29, 1.82) is 0 Å². The molecule has 1 saturated heterocycles. The largest absolute Gasteiger partial charge is 0.377 e. The summed E-state index contributed by atoms with van der Waals surface area (Å²) in [7, 11) is 0. The van der Waals surface area contributed by atoms with Gasteiger partial charge < -0.3 is 15.0 Å². The van der Waals surface area contributed by atoms with Crippen molar-refractivity contribution in [3.8, 4) is 0 Å². The Bertz CT molecular complexity index is 388. The zero-order valence-corrected chi connectivity index (χ0v) is 12.0. The summed E-state index contributed by atoms with van der Waals surface area (Å²) < 4.78 is 10.8. The van der Waals surface area contributed by atoms with Gasteiger partial charge in [-0.1, -0.05) is 5.16 Å². The standard InChI is InChI=1S/C12H21N3O2S/c1-8(2)16-7-9(13)10-14-11(17-15-10)12(3)5-4-6-18-12/h8-9H,4-7,13H2,1-3H3. The lowest BCUT2D eigenvalue weighted by Gasteiger charge is -2.16. The summed E-state index contributed by atoms with van der Waals surface area (Å²) in [5.74, 6) is 2.39. The predicted octanol–water partition coefficient (Wildman–Crippen LogP) is 2.24. The summed E-state index contributed by atoms with van der Waals surface area (Å²) in [6.45, 7) is 6.52. The van der Waals surface area contributed by atoms with Crippen molar-refractivity contribution in [2.45, 2.75) is 50.5 Å². The molecule has 6 heteroatoms. The average Bonchev–Trinajstić information content (AvgIpc) is 2.95. The molecular formula is C12H21N3O2S. The van der Waals surface area contributed by atoms with Crippen molar-refractivity contribution >= 4 is 11.8 Å². The molecule has 0 aromatic carbocycles. The predicted molar refractivity (Wildman–Crippen MR) is 71.4 cm³/mol. The van der Waals surface area contributed by atoms with Gasteiger partial charge in [0.05, 0.1) is 23.5 Å². The van der Waals surface area contributed by atoms with E-state index in [2.05, 4.69) is 17.1 Å². The van der Waals surface area contributed by atoms with Crippen molar-refractivity contribution in [3.05, 3.63) is 11.7 Å². The van der Waals surface area contributed by atoms with Crippen LogP contribution in [0.15, 0.2) is 4.52 Å². The SMILES string of the molecule is CC(C)OCC(N)c1noc(C2(C)CCCS2)n1. The smallest absolute Gasteiger partial charge is 0.242 e. The Morgan fingerprint density at radius 3 is 2.94 bits per heavy atom. The lowest BCUT2D eigenvalue weighted by atomic mass is 10.1. The highest BCUT2D eigenvalue weighted by Crippen LogP contribution is 2.45. The molecule has 2 heterocycles. The van der Waals surface area contributed by atoms with Gasteiger partial charge >= 0.3 is 0 Å². The molecule has 2 N–H and O–H groups in total. The van der Waals surface area contributed by atoms with E-state index in [1.54, 1.807) is 0 Å².